The standard InChI is InChI=1S/C19H18BrNO5/c1-24-9-8-18(22)21-15-11-17(26-3)16(25-2)10-14(15)19(23)12-4-6-13(20)7-5-12/h4-11H,1-3H3,(H,21,22). The molecule has 0 radical (unpaired) electrons. The molecule has 0 saturated heterocycles. The molecule has 0 aromatic heterocycles. The van der Waals surface area contributed by atoms with Crippen LogP contribution in [0, 0.1) is 0 Å². The topological polar surface area (TPSA) is 73.9 Å². The van der Waals surface area contributed by atoms with Crippen molar-refractivity contribution >= 4 is 33.3 Å². The summed E-state index contributed by atoms with van der Waals surface area (Å²) in [5, 5.41) is 2.66. The van der Waals surface area contributed by atoms with Crippen molar-refractivity contribution in [3.05, 3.63) is 64.3 Å². The van der Waals surface area contributed by atoms with Gasteiger partial charge in [0.2, 0.25) is 0 Å². The molecule has 136 valence electrons. The number of amides is 1. The van der Waals surface area contributed by atoms with Crippen molar-refractivity contribution < 1.29 is 23.8 Å². The first-order chi connectivity index (χ1) is 12.5. The maximum absolute atomic E-state index is 12.9. The molecule has 0 atom stereocenters. The number of nitrogens with one attached hydrogen (secondary N) is 1. The highest BCUT2D eigenvalue weighted by Crippen LogP contribution is 2.34. The zero-order chi connectivity index (χ0) is 19.1. The molecule has 2 aromatic carbocycles. The number of ether oxygens (including phenoxy) is 3. The number of methoxy groups -OCH3 is 3. The fourth-order valence-corrected chi connectivity index (χ4v) is 2.50. The quantitative estimate of drug-likeness (QED) is 0.419. The molecule has 0 spiro atoms. The zero-order valence-corrected chi connectivity index (χ0v) is 16.1. The van der Waals surface area contributed by atoms with E-state index < -0.39 is 5.91 Å². The van der Waals surface area contributed by atoms with Gasteiger partial charge in [0.15, 0.2) is 17.3 Å². The summed E-state index contributed by atoms with van der Waals surface area (Å²) < 4.78 is 16.1. The van der Waals surface area contributed by atoms with Gasteiger partial charge in [-0.05, 0) is 30.3 Å². The van der Waals surface area contributed by atoms with Crippen LogP contribution in [0.2, 0.25) is 0 Å². The van der Waals surface area contributed by atoms with Crippen LogP contribution < -0.4 is 14.8 Å². The SMILES string of the molecule is COC=CC(=O)Nc1cc(OC)c(OC)cc1C(=O)c1ccc(Br)cc1. The summed E-state index contributed by atoms with van der Waals surface area (Å²) in [5.74, 6) is 0.0812. The first-order valence-electron chi connectivity index (χ1n) is 7.56. The highest BCUT2D eigenvalue weighted by Gasteiger charge is 2.19. The molecule has 1 N–H and O–H groups in total. The van der Waals surface area contributed by atoms with Crippen molar-refractivity contribution in [2.45, 2.75) is 0 Å². The fraction of sp³-hybridized carbons (Fsp3) is 0.158. The lowest BCUT2D eigenvalue weighted by molar-refractivity contribution is -0.112. The smallest absolute Gasteiger partial charge is 0.251 e. The van der Waals surface area contributed by atoms with E-state index in [-0.39, 0.29) is 11.3 Å². The maximum Gasteiger partial charge on any atom is 0.251 e. The Bertz CT molecular complexity index is 831. The Morgan fingerprint density at radius 1 is 1.00 bits per heavy atom. The third-order valence-corrected chi connectivity index (χ3v) is 4.02. The predicted molar refractivity (Wildman–Crippen MR) is 102 cm³/mol. The predicted octanol–water partition coefficient (Wildman–Crippen LogP) is 3.80. The number of hydrogen-bond acceptors (Lipinski definition) is 5. The van der Waals surface area contributed by atoms with E-state index in [1.54, 1.807) is 36.4 Å². The molecule has 2 rings (SSSR count). The molecule has 0 aliphatic heterocycles. The Morgan fingerprint density at radius 3 is 2.19 bits per heavy atom. The molecule has 0 heterocycles. The van der Waals surface area contributed by atoms with Gasteiger partial charge in [0.05, 0.1) is 38.8 Å². The zero-order valence-electron chi connectivity index (χ0n) is 14.5. The fourth-order valence-electron chi connectivity index (χ4n) is 2.23. The monoisotopic (exact) mass is 419 g/mol. The van der Waals surface area contributed by atoms with Crippen molar-refractivity contribution in [2.24, 2.45) is 0 Å². The number of carbonyl (C=O) groups excluding carboxylic acids is 2. The summed E-state index contributed by atoms with van der Waals surface area (Å²) in [4.78, 5) is 25.0. The minimum absolute atomic E-state index is 0.260. The van der Waals surface area contributed by atoms with Gasteiger partial charge in [-0.3, -0.25) is 9.59 Å². The van der Waals surface area contributed by atoms with Gasteiger partial charge in [-0.1, -0.05) is 15.9 Å². The first kappa shape index (κ1) is 19.5. The minimum atomic E-state index is -0.441. The summed E-state index contributed by atoms with van der Waals surface area (Å²) >= 11 is 3.34. The second-order valence-electron chi connectivity index (χ2n) is 5.12. The lowest BCUT2D eigenvalue weighted by Crippen LogP contribution is -2.13. The van der Waals surface area contributed by atoms with Gasteiger partial charge in [0.1, 0.15) is 0 Å². The first-order valence-corrected chi connectivity index (χ1v) is 8.36. The maximum atomic E-state index is 12.9. The van der Waals surface area contributed by atoms with Crippen molar-refractivity contribution in [2.75, 3.05) is 26.6 Å². The van der Waals surface area contributed by atoms with Crippen LogP contribution in [-0.2, 0) is 9.53 Å². The van der Waals surface area contributed by atoms with Crippen LogP contribution in [-0.4, -0.2) is 33.0 Å². The van der Waals surface area contributed by atoms with Crippen molar-refractivity contribution in [1.29, 1.82) is 0 Å². The third-order valence-electron chi connectivity index (χ3n) is 3.49. The highest BCUT2D eigenvalue weighted by molar-refractivity contribution is 9.10. The van der Waals surface area contributed by atoms with Gasteiger partial charge in [-0.15, -0.1) is 0 Å². The van der Waals surface area contributed by atoms with Crippen LogP contribution in [0.1, 0.15) is 15.9 Å². The molecule has 0 unspecified atom stereocenters. The number of hydrogen-bond donors (Lipinski definition) is 1. The Balaban J connectivity index is 2.50. The lowest BCUT2D eigenvalue weighted by Gasteiger charge is -2.15. The molecule has 0 fully saturated rings. The Kier molecular flexibility index (Phi) is 6.80. The Hall–Kier alpha value is -2.80. The molecule has 6 nitrogen and oxygen atoms in total. The van der Waals surface area contributed by atoms with Gasteiger partial charge in [-0.25, -0.2) is 0 Å². The average molecular weight is 420 g/mol. The molecular formula is C19H18BrNO5. The van der Waals surface area contributed by atoms with Crippen molar-refractivity contribution in [3.63, 3.8) is 0 Å². The van der Waals surface area contributed by atoms with Crippen molar-refractivity contribution in [1.82, 2.24) is 0 Å². The third kappa shape index (κ3) is 4.64. The van der Waals surface area contributed by atoms with Gasteiger partial charge in [-0.2, -0.15) is 0 Å². The van der Waals surface area contributed by atoms with Crippen LogP contribution >= 0.6 is 15.9 Å². The normalized spacial score (nSPS) is 10.5. The molecule has 1 amide bonds. The lowest BCUT2D eigenvalue weighted by atomic mass is 10.0. The van der Waals surface area contributed by atoms with Crippen LogP contribution in [0.15, 0.2) is 53.2 Å². The second-order valence-corrected chi connectivity index (χ2v) is 6.03. The van der Waals surface area contributed by atoms with Crippen LogP contribution in [0.3, 0.4) is 0 Å². The van der Waals surface area contributed by atoms with E-state index >= 15 is 0 Å². The molecule has 26 heavy (non-hydrogen) atoms. The van der Waals surface area contributed by atoms with E-state index in [2.05, 4.69) is 21.2 Å². The minimum Gasteiger partial charge on any atom is -0.504 e. The summed E-state index contributed by atoms with van der Waals surface area (Å²) in [5.41, 5.74) is 1.06. The number of rotatable bonds is 7. The van der Waals surface area contributed by atoms with Crippen LogP contribution in [0.4, 0.5) is 5.69 Å². The van der Waals surface area contributed by atoms with Crippen molar-refractivity contribution in [3.8, 4) is 11.5 Å². The van der Waals surface area contributed by atoms with Gasteiger partial charge >= 0.3 is 0 Å². The summed E-state index contributed by atoms with van der Waals surface area (Å²) in [6.07, 6.45) is 2.46. The summed E-state index contributed by atoms with van der Waals surface area (Å²) in [7, 11) is 4.39. The Morgan fingerprint density at radius 2 is 1.62 bits per heavy atom. The number of carbonyl (C=O) groups is 2. The number of benzene rings is 2. The van der Waals surface area contributed by atoms with Crippen LogP contribution in [0.25, 0.3) is 0 Å². The van der Waals surface area contributed by atoms with E-state index in [4.69, 9.17) is 14.2 Å². The number of anilines is 1. The second kappa shape index (κ2) is 9.05. The van der Waals surface area contributed by atoms with E-state index in [0.29, 0.717) is 22.7 Å². The van der Waals surface area contributed by atoms with Gasteiger partial charge in [0.25, 0.3) is 5.91 Å². The largest absolute Gasteiger partial charge is 0.504 e. The Labute approximate surface area is 159 Å². The molecule has 7 heteroatoms. The molecule has 0 aliphatic carbocycles. The van der Waals surface area contributed by atoms with Gasteiger partial charge < -0.3 is 19.5 Å². The highest BCUT2D eigenvalue weighted by atomic mass is 79.9. The molecule has 0 bridgehead atoms. The summed E-state index contributed by atoms with van der Waals surface area (Å²) in [6.45, 7) is 0. The number of halogens is 1. The summed E-state index contributed by atoms with van der Waals surface area (Å²) in [6, 6.07) is 10.0. The van der Waals surface area contributed by atoms with E-state index in [1.807, 2.05) is 0 Å². The average Bonchev–Trinajstić information content (AvgIpc) is 2.66. The molecule has 0 aliphatic rings. The van der Waals surface area contributed by atoms with E-state index in [1.165, 1.54) is 33.7 Å². The molecular weight excluding hydrogens is 402 g/mol. The molecule has 0 saturated carbocycles. The number of ketones is 1. The van der Waals surface area contributed by atoms with E-state index in [0.717, 1.165) is 4.47 Å². The van der Waals surface area contributed by atoms with Gasteiger partial charge in [0, 0.05) is 22.2 Å². The van der Waals surface area contributed by atoms with Crippen LogP contribution in [0.5, 0.6) is 11.5 Å². The molecule has 2 aromatic rings. The van der Waals surface area contributed by atoms with E-state index in [9.17, 15) is 9.59 Å².